The molecular formula is C21H25N5O4. The van der Waals surface area contributed by atoms with Crippen molar-refractivity contribution in [3.63, 3.8) is 0 Å². The Hall–Kier alpha value is -3.49. The normalized spacial score (nSPS) is 10.8. The van der Waals surface area contributed by atoms with Gasteiger partial charge in [-0.3, -0.25) is 19.0 Å². The van der Waals surface area contributed by atoms with Gasteiger partial charge in [0.25, 0.3) is 5.56 Å². The van der Waals surface area contributed by atoms with Crippen LogP contribution in [-0.4, -0.2) is 44.4 Å². The summed E-state index contributed by atoms with van der Waals surface area (Å²) in [6, 6.07) is 9.69. The third-order valence-electron chi connectivity index (χ3n) is 4.55. The number of rotatable bonds is 10. The average Bonchev–Trinajstić information content (AvgIpc) is 3.15. The van der Waals surface area contributed by atoms with Crippen LogP contribution in [0.2, 0.25) is 0 Å². The van der Waals surface area contributed by atoms with Crippen molar-refractivity contribution in [3.05, 3.63) is 58.8 Å². The molecule has 0 bridgehead atoms. The van der Waals surface area contributed by atoms with Gasteiger partial charge in [-0.2, -0.15) is 5.10 Å². The molecule has 0 fully saturated rings. The van der Waals surface area contributed by atoms with E-state index in [1.807, 2.05) is 30.3 Å². The van der Waals surface area contributed by atoms with E-state index in [1.165, 1.54) is 12.5 Å². The highest BCUT2D eigenvalue weighted by Crippen LogP contribution is 2.07. The minimum atomic E-state index is -0.294. The Morgan fingerprint density at radius 1 is 1.17 bits per heavy atom. The van der Waals surface area contributed by atoms with E-state index >= 15 is 0 Å². The fourth-order valence-corrected chi connectivity index (χ4v) is 3.07. The molecular weight excluding hydrogens is 386 g/mol. The summed E-state index contributed by atoms with van der Waals surface area (Å²) < 4.78 is 7.98. The number of hydrogen-bond acceptors (Lipinski definition) is 6. The van der Waals surface area contributed by atoms with Crippen LogP contribution in [0.25, 0.3) is 11.0 Å². The molecule has 3 aromatic rings. The molecule has 0 atom stereocenters. The van der Waals surface area contributed by atoms with E-state index in [-0.39, 0.29) is 30.3 Å². The van der Waals surface area contributed by atoms with Crippen LogP contribution in [0.1, 0.15) is 31.7 Å². The number of nitrogens with one attached hydrogen (secondary N) is 1. The van der Waals surface area contributed by atoms with Gasteiger partial charge in [-0.05, 0) is 18.9 Å². The van der Waals surface area contributed by atoms with E-state index in [0.29, 0.717) is 43.7 Å². The van der Waals surface area contributed by atoms with Gasteiger partial charge in [0.2, 0.25) is 5.91 Å². The SMILES string of the molecule is CCOC(=O)CCCC(=O)NCCn1ncc2c(=O)n(Cc3ccccc3)cnc21. The first-order valence-corrected chi connectivity index (χ1v) is 9.95. The molecule has 1 amide bonds. The first-order chi connectivity index (χ1) is 14.6. The van der Waals surface area contributed by atoms with Gasteiger partial charge in [0.15, 0.2) is 5.65 Å². The fraction of sp³-hybridized carbons (Fsp3) is 0.381. The van der Waals surface area contributed by atoms with E-state index in [0.717, 1.165) is 5.56 Å². The van der Waals surface area contributed by atoms with Gasteiger partial charge >= 0.3 is 5.97 Å². The Kier molecular flexibility index (Phi) is 7.31. The van der Waals surface area contributed by atoms with E-state index in [2.05, 4.69) is 15.4 Å². The molecule has 1 aromatic carbocycles. The molecule has 0 spiro atoms. The summed E-state index contributed by atoms with van der Waals surface area (Å²) in [5, 5.41) is 7.46. The predicted octanol–water partition coefficient (Wildman–Crippen LogP) is 1.49. The Labute approximate surface area is 173 Å². The van der Waals surface area contributed by atoms with E-state index in [4.69, 9.17) is 4.74 Å². The molecule has 1 N–H and O–H groups in total. The van der Waals surface area contributed by atoms with Gasteiger partial charge in [-0.15, -0.1) is 0 Å². The zero-order valence-corrected chi connectivity index (χ0v) is 16.9. The van der Waals surface area contributed by atoms with Crippen molar-refractivity contribution in [1.29, 1.82) is 0 Å². The van der Waals surface area contributed by atoms with Gasteiger partial charge in [-0.1, -0.05) is 30.3 Å². The van der Waals surface area contributed by atoms with Crippen molar-refractivity contribution in [3.8, 4) is 0 Å². The summed E-state index contributed by atoms with van der Waals surface area (Å²) in [4.78, 5) is 40.2. The first-order valence-electron chi connectivity index (χ1n) is 9.95. The molecule has 158 valence electrons. The Morgan fingerprint density at radius 3 is 2.73 bits per heavy atom. The van der Waals surface area contributed by atoms with Crippen molar-refractivity contribution in [1.82, 2.24) is 24.6 Å². The Morgan fingerprint density at radius 2 is 1.97 bits per heavy atom. The maximum absolute atomic E-state index is 12.7. The number of carbonyl (C=O) groups excluding carboxylic acids is 2. The van der Waals surface area contributed by atoms with Crippen molar-refractivity contribution < 1.29 is 14.3 Å². The molecule has 0 radical (unpaired) electrons. The molecule has 9 nitrogen and oxygen atoms in total. The van der Waals surface area contributed by atoms with Gasteiger partial charge in [-0.25, -0.2) is 9.67 Å². The van der Waals surface area contributed by atoms with Crippen LogP contribution in [0.5, 0.6) is 0 Å². The van der Waals surface area contributed by atoms with Gasteiger partial charge < -0.3 is 10.1 Å². The minimum absolute atomic E-state index is 0.145. The zero-order valence-electron chi connectivity index (χ0n) is 16.9. The number of carbonyl (C=O) groups is 2. The highest BCUT2D eigenvalue weighted by Gasteiger charge is 2.11. The highest BCUT2D eigenvalue weighted by atomic mass is 16.5. The lowest BCUT2D eigenvalue weighted by atomic mass is 10.2. The van der Waals surface area contributed by atoms with Crippen molar-refractivity contribution >= 4 is 22.9 Å². The molecule has 0 aliphatic heterocycles. The van der Waals surface area contributed by atoms with Crippen LogP contribution in [-0.2, 0) is 27.4 Å². The quantitative estimate of drug-likeness (QED) is 0.507. The van der Waals surface area contributed by atoms with E-state index in [1.54, 1.807) is 16.2 Å². The average molecular weight is 411 g/mol. The standard InChI is InChI=1S/C21H25N5O4/c1-2-30-19(28)10-6-9-18(27)22-11-12-26-20-17(13-24-26)21(29)25(15-23-20)14-16-7-4-3-5-8-16/h3-5,7-8,13,15H,2,6,9-12,14H2,1H3,(H,22,27). The topological polar surface area (TPSA) is 108 Å². The Bertz CT molecular complexity index is 1060. The molecule has 2 heterocycles. The second-order valence-corrected chi connectivity index (χ2v) is 6.78. The van der Waals surface area contributed by atoms with Crippen molar-refractivity contribution in [2.24, 2.45) is 0 Å². The second-order valence-electron chi connectivity index (χ2n) is 6.78. The lowest BCUT2D eigenvalue weighted by molar-refractivity contribution is -0.143. The first kappa shape index (κ1) is 21.2. The molecule has 0 unspecified atom stereocenters. The second kappa shape index (κ2) is 10.3. The number of hydrogen-bond donors (Lipinski definition) is 1. The summed E-state index contributed by atoms with van der Waals surface area (Å²) in [5.74, 6) is -0.439. The van der Waals surface area contributed by atoms with Crippen molar-refractivity contribution in [2.45, 2.75) is 39.3 Å². The van der Waals surface area contributed by atoms with Crippen LogP contribution in [0.3, 0.4) is 0 Å². The van der Waals surface area contributed by atoms with E-state index in [9.17, 15) is 14.4 Å². The van der Waals surface area contributed by atoms with E-state index < -0.39 is 0 Å². The molecule has 30 heavy (non-hydrogen) atoms. The van der Waals surface area contributed by atoms with Gasteiger partial charge in [0.05, 0.1) is 25.9 Å². The number of fused-ring (bicyclic) bond motifs is 1. The molecule has 9 heteroatoms. The highest BCUT2D eigenvalue weighted by molar-refractivity contribution is 5.77. The summed E-state index contributed by atoms with van der Waals surface area (Å²) >= 11 is 0. The number of benzene rings is 1. The molecule has 0 aliphatic rings. The van der Waals surface area contributed by atoms with Crippen LogP contribution < -0.4 is 10.9 Å². The maximum atomic E-state index is 12.7. The molecule has 0 aliphatic carbocycles. The summed E-state index contributed by atoms with van der Waals surface area (Å²) in [7, 11) is 0. The summed E-state index contributed by atoms with van der Waals surface area (Å²) in [6.45, 7) is 3.27. The lowest BCUT2D eigenvalue weighted by Gasteiger charge is -2.07. The third kappa shape index (κ3) is 5.53. The minimum Gasteiger partial charge on any atom is -0.466 e. The molecule has 2 aromatic heterocycles. The van der Waals surface area contributed by atoms with Crippen molar-refractivity contribution in [2.75, 3.05) is 13.2 Å². The van der Waals surface area contributed by atoms with Crippen LogP contribution in [0, 0.1) is 0 Å². The largest absolute Gasteiger partial charge is 0.466 e. The maximum Gasteiger partial charge on any atom is 0.305 e. The van der Waals surface area contributed by atoms with Crippen LogP contribution >= 0.6 is 0 Å². The lowest BCUT2D eigenvalue weighted by Crippen LogP contribution is -2.27. The number of esters is 1. The fourth-order valence-electron chi connectivity index (χ4n) is 3.07. The summed E-state index contributed by atoms with van der Waals surface area (Å²) in [6.07, 6.45) is 3.94. The monoisotopic (exact) mass is 411 g/mol. The molecule has 0 saturated carbocycles. The smallest absolute Gasteiger partial charge is 0.305 e. The number of nitrogens with zero attached hydrogens (tertiary/aromatic N) is 4. The zero-order chi connectivity index (χ0) is 21.3. The number of amides is 1. The summed E-state index contributed by atoms with van der Waals surface area (Å²) in [5.41, 5.74) is 1.35. The predicted molar refractivity (Wildman–Crippen MR) is 111 cm³/mol. The third-order valence-corrected chi connectivity index (χ3v) is 4.55. The van der Waals surface area contributed by atoms with Crippen LogP contribution in [0.4, 0.5) is 0 Å². The number of ether oxygens (including phenoxy) is 1. The number of aromatic nitrogens is 4. The van der Waals surface area contributed by atoms with Crippen LogP contribution in [0.15, 0.2) is 47.7 Å². The van der Waals surface area contributed by atoms with Gasteiger partial charge in [0.1, 0.15) is 11.7 Å². The molecule has 3 rings (SSSR count). The Balaban J connectivity index is 1.53. The van der Waals surface area contributed by atoms with Gasteiger partial charge in [0, 0.05) is 19.4 Å². The molecule has 0 saturated heterocycles.